The molecule has 1 heterocycles. The molecule has 1 aromatic carbocycles. The minimum absolute atomic E-state index is 0.00974. The van der Waals surface area contributed by atoms with Crippen LogP contribution < -0.4 is 5.32 Å². The number of rotatable bonds is 6. The first-order valence-electron chi connectivity index (χ1n) is 10.1. The van der Waals surface area contributed by atoms with Crippen LogP contribution in [0.1, 0.15) is 68.0 Å². The molecule has 4 nitrogen and oxygen atoms in total. The Morgan fingerprint density at radius 1 is 1.25 bits per heavy atom. The summed E-state index contributed by atoms with van der Waals surface area (Å²) in [5, 5.41) is 13.1. The second kappa shape index (κ2) is 9.75. The summed E-state index contributed by atoms with van der Waals surface area (Å²) in [6, 6.07) is 14.2. The molecular weight excluding hydrogens is 366 g/mol. The molecule has 5 heteroatoms. The van der Waals surface area contributed by atoms with Crippen molar-refractivity contribution in [2.45, 2.75) is 68.7 Å². The fourth-order valence-corrected chi connectivity index (χ4v) is 4.56. The van der Waals surface area contributed by atoms with Crippen LogP contribution in [-0.2, 0) is 17.6 Å². The molecule has 1 N–H and O–H groups in total. The van der Waals surface area contributed by atoms with Crippen LogP contribution in [0.3, 0.4) is 0 Å². The Morgan fingerprint density at radius 3 is 2.71 bits per heavy atom. The van der Waals surface area contributed by atoms with E-state index in [4.69, 9.17) is 4.98 Å². The Hall–Kier alpha value is -2.32. The predicted octanol–water partition coefficient (Wildman–Crippen LogP) is 4.97. The van der Waals surface area contributed by atoms with E-state index in [0.717, 1.165) is 36.9 Å². The lowest BCUT2D eigenvalue weighted by Crippen LogP contribution is -2.34. The number of benzene rings is 1. The van der Waals surface area contributed by atoms with Gasteiger partial charge in [-0.25, -0.2) is 4.98 Å². The molecule has 0 bridgehead atoms. The Kier molecular flexibility index (Phi) is 7.11. The van der Waals surface area contributed by atoms with Crippen molar-refractivity contribution >= 4 is 17.7 Å². The summed E-state index contributed by atoms with van der Waals surface area (Å²) in [4.78, 5) is 17.7. The van der Waals surface area contributed by atoms with Gasteiger partial charge in [-0.15, -0.1) is 0 Å². The lowest BCUT2D eigenvalue weighted by Gasteiger charge is -2.20. The summed E-state index contributed by atoms with van der Waals surface area (Å²) < 4.78 is 0. The monoisotopic (exact) mass is 393 g/mol. The molecule has 28 heavy (non-hydrogen) atoms. The smallest absolute Gasteiger partial charge is 0.234 e. The molecule has 1 aliphatic carbocycles. The molecule has 0 saturated heterocycles. The fourth-order valence-electron chi connectivity index (χ4n) is 3.55. The SMILES string of the molecule is CCC(Sc1nc2c(cc1C#N)CCCCC2)C(=O)NC(C)c1ccccc1. The van der Waals surface area contributed by atoms with Gasteiger partial charge in [0.05, 0.1) is 16.9 Å². The molecule has 146 valence electrons. The van der Waals surface area contributed by atoms with Crippen molar-refractivity contribution < 1.29 is 4.79 Å². The summed E-state index contributed by atoms with van der Waals surface area (Å²) in [6.45, 7) is 3.99. The average Bonchev–Trinajstić information content (AvgIpc) is 2.96. The summed E-state index contributed by atoms with van der Waals surface area (Å²) in [5.74, 6) is -0.00974. The van der Waals surface area contributed by atoms with E-state index in [1.807, 2.05) is 50.2 Å². The van der Waals surface area contributed by atoms with Gasteiger partial charge >= 0.3 is 0 Å². The van der Waals surface area contributed by atoms with Crippen molar-refractivity contribution in [1.29, 1.82) is 5.26 Å². The molecule has 3 rings (SSSR count). The van der Waals surface area contributed by atoms with Crippen LogP contribution in [0.5, 0.6) is 0 Å². The van der Waals surface area contributed by atoms with Gasteiger partial charge in [-0.1, -0.05) is 55.4 Å². The van der Waals surface area contributed by atoms with Crippen LogP contribution in [0, 0.1) is 11.3 Å². The highest BCUT2D eigenvalue weighted by Crippen LogP contribution is 2.31. The average molecular weight is 394 g/mol. The molecule has 2 atom stereocenters. The first-order valence-corrected chi connectivity index (χ1v) is 10.9. The van der Waals surface area contributed by atoms with Crippen molar-refractivity contribution in [3.8, 4) is 6.07 Å². The number of aromatic nitrogens is 1. The van der Waals surface area contributed by atoms with Crippen molar-refractivity contribution in [2.75, 3.05) is 0 Å². The number of hydrogen-bond acceptors (Lipinski definition) is 4. The minimum Gasteiger partial charge on any atom is -0.349 e. The Balaban J connectivity index is 1.76. The zero-order valence-electron chi connectivity index (χ0n) is 16.6. The van der Waals surface area contributed by atoms with Crippen LogP contribution in [-0.4, -0.2) is 16.1 Å². The van der Waals surface area contributed by atoms with Crippen molar-refractivity contribution in [2.24, 2.45) is 0 Å². The lowest BCUT2D eigenvalue weighted by atomic mass is 10.1. The second-order valence-electron chi connectivity index (χ2n) is 7.28. The zero-order valence-corrected chi connectivity index (χ0v) is 17.4. The lowest BCUT2D eigenvalue weighted by molar-refractivity contribution is -0.121. The standard InChI is InChI=1S/C23H27N3OS/c1-3-21(22(27)25-16(2)17-10-6-4-7-11-17)28-23-19(15-24)14-18-12-8-5-9-13-20(18)26-23/h4,6-7,10-11,14,16,21H,3,5,8-9,12-13H2,1-2H3,(H,25,27). The van der Waals surface area contributed by atoms with E-state index in [9.17, 15) is 10.1 Å². The highest BCUT2D eigenvalue weighted by Gasteiger charge is 2.23. The van der Waals surface area contributed by atoms with Crippen LogP contribution in [0.25, 0.3) is 0 Å². The van der Waals surface area contributed by atoms with E-state index in [1.165, 1.54) is 23.7 Å². The third-order valence-corrected chi connectivity index (χ3v) is 6.58. The number of nitrogens with one attached hydrogen (secondary N) is 1. The summed E-state index contributed by atoms with van der Waals surface area (Å²) >= 11 is 1.42. The number of fused-ring (bicyclic) bond motifs is 1. The van der Waals surface area contributed by atoms with Crippen LogP contribution >= 0.6 is 11.8 Å². The highest BCUT2D eigenvalue weighted by molar-refractivity contribution is 8.00. The van der Waals surface area contributed by atoms with E-state index < -0.39 is 0 Å². The van der Waals surface area contributed by atoms with Crippen molar-refractivity contribution in [1.82, 2.24) is 10.3 Å². The predicted molar refractivity (Wildman–Crippen MR) is 113 cm³/mol. The maximum absolute atomic E-state index is 12.9. The third-order valence-electron chi connectivity index (χ3n) is 5.21. The van der Waals surface area contributed by atoms with E-state index >= 15 is 0 Å². The van der Waals surface area contributed by atoms with Crippen molar-refractivity contribution in [3.05, 3.63) is 58.8 Å². The van der Waals surface area contributed by atoms with Crippen LogP contribution in [0.2, 0.25) is 0 Å². The number of nitriles is 1. The molecular formula is C23H27N3OS. The third kappa shape index (κ3) is 4.94. The maximum Gasteiger partial charge on any atom is 0.234 e. The van der Waals surface area contributed by atoms with Gasteiger partial charge in [-0.3, -0.25) is 4.79 Å². The number of carbonyl (C=O) groups is 1. The minimum atomic E-state index is -0.269. The van der Waals surface area contributed by atoms with Gasteiger partial charge in [0, 0.05) is 5.69 Å². The van der Waals surface area contributed by atoms with E-state index in [1.54, 1.807) is 0 Å². The van der Waals surface area contributed by atoms with Crippen LogP contribution in [0.4, 0.5) is 0 Å². The number of carbonyl (C=O) groups excluding carboxylic acids is 1. The van der Waals surface area contributed by atoms with Gasteiger partial charge in [0.25, 0.3) is 0 Å². The van der Waals surface area contributed by atoms with E-state index in [0.29, 0.717) is 17.0 Å². The van der Waals surface area contributed by atoms with Gasteiger partial charge in [0.2, 0.25) is 5.91 Å². The summed E-state index contributed by atoms with van der Waals surface area (Å²) in [6.07, 6.45) is 6.14. The molecule has 1 aliphatic rings. The number of nitrogens with zero attached hydrogens (tertiary/aromatic N) is 2. The number of pyridine rings is 1. The fraction of sp³-hybridized carbons (Fsp3) is 0.435. The van der Waals surface area contributed by atoms with E-state index in [2.05, 4.69) is 11.4 Å². The van der Waals surface area contributed by atoms with Crippen LogP contribution in [0.15, 0.2) is 41.4 Å². The first kappa shape index (κ1) is 20.4. The number of amides is 1. The second-order valence-corrected chi connectivity index (χ2v) is 8.47. The van der Waals surface area contributed by atoms with Gasteiger partial charge in [0.15, 0.2) is 0 Å². The number of aryl methyl sites for hydroxylation is 2. The Morgan fingerprint density at radius 2 is 2.00 bits per heavy atom. The number of thioether (sulfide) groups is 1. The van der Waals surface area contributed by atoms with Gasteiger partial charge < -0.3 is 5.32 Å². The molecule has 0 radical (unpaired) electrons. The zero-order chi connectivity index (χ0) is 19.9. The molecule has 0 spiro atoms. The highest BCUT2D eigenvalue weighted by atomic mass is 32.2. The summed E-state index contributed by atoms with van der Waals surface area (Å²) in [7, 11) is 0. The first-order chi connectivity index (χ1) is 13.6. The Labute approximate surface area is 171 Å². The maximum atomic E-state index is 12.9. The van der Waals surface area contributed by atoms with E-state index in [-0.39, 0.29) is 17.2 Å². The number of hydrogen-bond donors (Lipinski definition) is 1. The molecule has 1 amide bonds. The molecule has 0 saturated carbocycles. The molecule has 2 unspecified atom stereocenters. The summed E-state index contributed by atoms with van der Waals surface area (Å²) in [5.41, 5.74) is 3.98. The van der Waals surface area contributed by atoms with Crippen molar-refractivity contribution in [3.63, 3.8) is 0 Å². The normalized spacial score (nSPS) is 15.6. The Bertz CT molecular complexity index is 860. The largest absolute Gasteiger partial charge is 0.349 e. The molecule has 1 aromatic heterocycles. The van der Waals surface area contributed by atoms with Gasteiger partial charge in [-0.05, 0) is 56.2 Å². The molecule has 2 aromatic rings. The molecule has 0 fully saturated rings. The molecule has 0 aliphatic heterocycles. The topological polar surface area (TPSA) is 65.8 Å². The van der Waals surface area contributed by atoms with Gasteiger partial charge in [-0.2, -0.15) is 5.26 Å². The quantitative estimate of drug-likeness (QED) is 0.556. The van der Waals surface area contributed by atoms with Gasteiger partial charge in [0.1, 0.15) is 11.1 Å².